The number of β-amino-alcohol motifs (C(OH)–C–C–N with tert-alkyl or cyclic N) is 1. The maximum absolute atomic E-state index is 10.2. The van der Waals surface area contributed by atoms with Crippen LogP contribution in [0.1, 0.15) is 44.8 Å². The molecule has 1 aromatic carbocycles. The highest BCUT2D eigenvalue weighted by atomic mass is 16.5. The number of aliphatic hydroxyl groups is 1. The van der Waals surface area contributed by atoms with Gasteiger partial charge in [0.25, 0.3) is 0 Å². The Morgan fingerprint density at radius 2 is 1.90 bits per heavy atom. The molecule has 0 amide bonds. The fraction of sp³-hybridized carbons (Fsp3) is 0.667. The van der Waals surface area contributed by atoms with Crippen LogP contribution in [0.2, 0.25) is 0 Å². The molecule has 0 aliphatic carbocycles. The highest BCUT2D eigenvalue weighted by Gasteiger charge is 2.19. The standard InChI is InChI=1S/C18H29NO2/c1-3-18(16-7-5-4-6-8-16)21-14-17(20)13-19-11-9-15(2)10-12-19/h4-8,15,17-18,20H,3,9-14H2,1-2H3/t17-,18-/m0/s1. The first-order chi connectivity index (χ1) is 10.2. The lowest BCUT2D eigenvalue weighted by Gasteiger charge is -2.31. The van der Waals surface area contributed by atoms with Gasteiger partial charge < -0.3 is 14.7 Å². The number of benzene rings is 1. The number of hydrogen-bond donors (Lipinski definition) is 1. The number of piperidine rings is 1. The molecule has 0 saturated carbocycles. The van der Waals surface area contributed by atoms with Gasteiger partial charge in [0.2, 0.25) is 0 Å². The molecular weight excluding hydrogens is 262 g/mol. The van der Waals surface area contributed by atoms with Gasteiger partial charge in [-0.1, -0.05) is 44.2 Å². The Labute approximate surface area is 128 Å². The Bertz CT molecular complexity index is 387. The molecule has 1 aliphatic heterocycles. The highest BCUT2D eigenvalue weighted by molar-refractivity contribution is 5.17. The van der Waals surface area contributed by atoms with E-state index < -0.39 is 6.10 Å². The summed E-state index contributed by atoms with van der Waals surface area (Å²) in [5.74, 6) is 0.831. The van der Waals surface area contributed by atoms with Crippen molar-refractivity contribution in [1.82, 2.24) is 4.90 Å². The van der Waals surface area contributed by atoms with Crippen LogP contribution >= 0.6 is 0 Å². The fourth-order valence-electron chi connectivity index (χ4n) is 2.94. The summed E-state index contributed by atoms with van der Waals surface area (Å²) in [6, 6.07) is 10.3. The van der Waals surface area contributed by atoms with Gasteiger partial charge in [0.05, 0.1) is 18.8 Å². The van der Waals surface area contributed by atoms with Gasteiger partial charge in [0.15, 0.2) is 0 Å². The minimum atomic E-state index is -0.392. The first kappa shape index (κ1) is 16.5. The van der Waals surface area contributed by atoms with Crippen molar-refractivity contribution in [2.24, 2.45) is 5.92 Å². The summed E-state index contributed by atoms with van der Waals surface area (Å²) in [7, 11) is 0. The number of likely N-dealkylation sites (tertiary alicyclic amines) is 1. The molecule has 0 radical (unpaired) electrons. The number of rotatable bonds is 7. The molecule has 2 atom stereocenters. The Morgan fingerprint density at radius 1 is 1.24 bits per heavy atom. The predicted octanol–water partition coefficient (Wildman–Crippen LogP) is 3.25. The van der Waals surface area contributed by atoms with Crippen molar-refractivity contribution in [1.29, 1.82) is 0 Å². The lowest BCUT2D eigenvalue weighted by Crippen LogP contribution is -2.40. The van der Waals surface area contributed by atoms with E-state index in [0.717, 1.165) is 32.0 Å². The normalized spacial score (nSPS) is 20.3. The van der Waals surface area contributed by atoms with E-state index in [-0.39, 0.29) is 6.10 Å². The van der Waals surface area contributed by atoms with E-state index in [4.69, 9.17) is 4.74 Å². The summed E-state index contributed by atoms with van der Waals surface area (Å²) in [6.07, 6.45) is 3.11. The lowest BCUT2D eigenvalue weighted by atomic mass is 9.99. The molecule has 0 bridgehead atoms. The largest absolute Gasteiger partial charge is 0.389 e. The van der Waals surface area contributed by atoms with Crippen LogP contribution < -0.4 is 0 Å². The summed E-state index contributed by atoms with van der Waals surface area (Å²) in [4.78, 5) is 2.36. The maximum atomic E-state index is 10.2. The van der Waals surface area contributed by atoms with Crippen LogP contribution in [0, 0.1) is 5.92 Å². The molecule has 1 fully saturated rings. The van der Waals surface area contributed by atoms with E-state index >= 15 is 0 Å². The van der Waals surface area contributed by atoms with Crippen molar-refractivity contribution in [3.8, 4) is 0 Å². The predicted molar refractivity (Wildman–Crippen MR) is 86.3 cm³/mol. The minimum Gasteiger partial charge on any atom is -0.389 e. The summed E-state index contributed by atoms with van der Waals surface area (Å²) in [5.41, 5.74) is 1.19. The van der Waals surface area contributed by atoms with Crippen LogP contribution in [-0.2, 0) is 4.74 Å². The molecule has 1 aromatic rings. The maximum Gasteiger partial charge on any atom is 0.0900 e. The zero-order valence-electron chi connectivity index (χ0n) is 13.4. The van der Waals surface area contributed by atoms with Gasteiger partial charge in [0.1, 0.15) is 0 Å². The van der Waals surface area contributed by atoms with Crippen molar-refractivity contribution in [2.75, 3.05) is 26.2 Å². The second kappa shape index (κ2) is 8.52. The van der Waals surface area contributed by atoms with Crippen molar-refractivity contribution >= 4 is 0 Å². The minimum absolute atomic E-state index is 0.0854. The lowest BCUT2D eigenvalue weighted by molar-refractivity contribution is -0.0264. The topological polar surface area (TPSA) is 32.7 Å². The summed E-state index contributed by atoms with van der Waals surface area (Å²) < 4.78 is 5.93. The van der Waals surface area contributed by atoms with E-state index in [0.29, 0.717) is 6.61 Å². The second-order valence-corrected chi connectivity index (χ2v) is 6.28. The smallest absolute Gasteiger partial charge is 0.0900 e. The van der Waals surface area contributed by atoms with Gasteiger partial charge in [-0.2, -0.15) is 0 Å². The summed E-state index contributed by atoms with van der Waals surface area (Å²) in [5, 5.41) is 10.2. The van der Waals surface area contributed by atoms with E-state index in [1.54, 1.807) is 0 Å². The highest BCUT2D eigenvalue weighted by Crippen LogP contribution is 2.21. The van der Waals surface area contributed by atoms with Gasteiger partial charge in [-0.25, -0.2) is 0 Å². The van der Waals surface area contributed by atoms with Crippen molar-refractivity contribution in [3.05, 3.63) is 35.9 Å². The molecule has 1 aliphatic rings. The van der Waals surface area contributed by atoms with E-state index in [1.807, 2.05) is 18.2 Å². The van der Waals surface area contributed by atoms with Gasteiger partial charge in [-0.05, 0) is 43.8 Å². The molecule has 2 rings (SSSR count). The van der Waals surface area contributed by atoms with Crippen molar-refractivity contribution in [3.63, 3.8) is 0 Å². The fourth-order valence-corrected chi connectivity index (χ4v) is 2.94. The number of nitrogens with zero attached hydrogens (tertiary/aromatic N) is 1. The third kappa shape index (κ3) is 5.42. The Morgan fingerprint density at radius 3 is 2.52 bits per heavy atom. The van der Waals surface area contributed by atoms with Gasteiger partial charge in [-0.15, -0.1) is 0 Å². The molecular formula is C18H29NO2. The Hall–Kier alpha value is -0.900. The van der Waals surface area contributed by atoms with Crippen LogP contribution in [0.25, 0.3) is 0 Å². The molecule has 1 saturated heterocycles. The molecule has 21 heavy (non-hydrogen) atoms. The monoisotopic (exact) mass is 291 g/mol. The molecule has 118 valence electrons. The van der Waals surface area contributed by atoms with E-state index in [2.05, 4.69) is 30.9 Å². The average molecular weight is 291 g/mol. The van der Waals surface area contributed by atoms with Gasteiger partial charge >= 0.3 is 0 Å². The van der Waals surface area contributed by atoms with Crippen molar-refractivity contribution in [2.45, 2.75) is 45.3 Å². The molecule has 1 N–H and O–H groups in total. The molecule has 0 spiro atoms. The van der Waals surface area contributed by atoms with Crippen LogP contribution in [-0.4, -0.2) is 42.4 Å². The zero-order chi connectivity index (χ0) is 15.1. The second-order valence-electron chi connectivity index (χ2n) is 6.28. The molecule has 1 heterocycles. The van der Waals surface area contributed by atoms with E-state index in [1.165, 1.54) is 18.4 Å². The summed E-state index contributed by atoms with van der Waals surface area (Å²) >= 11 is 0. The summed E-state index contributed by atoms with van der Waals surface area (Å²) in [6.45, 7) is 7.79. The van der Waals surface area contributed by atoms with E-state index in [9.17, 15) is 5.11 Å². The van der Waals surface area contributed by atoms with Crippen LogP contribution in [0.15, 0.2) is 30.3 Å². The molecule has 3 nitrogen and oxygen atoms in total. The van der Waals surface area contributed by atoms with Crippen molar-refractivity contribution < 1.29 is 9.84 Å². The van der Waals surface area contributed by atoms with Gasteiger partial charge in [-0.3, -0.25) is 0 Å². The SMILES string of the molecule is CC[C@H](OC[C@@H](O)CN1CCC(C)CC1)c1ccccc1. The van der Waals surface area contributed by atoms with Crippen LogP contribution in [0.3, 0.4) is 0 Å². The quantitative estimate of drug-likeness (QED) is 0.837. The average Bonchev–Trinajstić information content (AvgIpc) is 2.51. The first-order valence-electron chi connectivity index (χ1n) is 8.26. The zero-order valence-corrected chi connectivity index (χ0v) is 13.4. The number of hydrogen-bond acceptors (Lipinski definition) is 3. The molecule has 3 heteroatoms. The number of ether oxygens (including phenoxy) is 1. The number of aliphatic hydroxyl groups excluding tert-OH is 1. The van der Waals surface area contributed by atoms with Crippen LogP contribution in [0.5, 0.6) is 0 Å². The van der Waals surface area contributed by atoms with Gasteiger partial charge in [0, 0.05) is 6.54 Å². The van der Waals surface area contributed by atoms with Crippen LogP contribution in [0.4, 0.5) is 0 Å². The third-order valence-corrected chi connectivity index (χ3v) is 4.38. The third-order valence-electron chi connectivity index (χ3n) is 4.38. The Kier molecular flexibility index (Phi) is 6.68. The molecule has 0 unspecified atom stereocenters. The molecule has 0 aromatic heterocycles. The first-order valence-corrected chi connectivity index (χ1v) is 8.26. The Balaban J connectivity index is 1.73.